The molecule has 0 unspecified atom stereocenters. The largest absolute Gasteiger partial charge is 0.276 e. The summed E-state index contributed by atoms with van der Waals surface area (Å²) in [7, 11) is 0. The van der Waals surface area contributed by atoms with Gasteiger partial charge in [-0.1, -0.05) is 11.6 Å². The predicted octanol–water partition coefficient (Wildman–Crippen LogP) is 3.12. The number of benzene rings is 1. The highest BCUT2D eigenvalue weighted by Gasteiger charge is 2.08. The molecule has 0 heterocycles. The van der Waals surface area contributed by atoms with Crippen molar-refractivity contribution in [3.63, 3.8) is 0 Å². The minimum Gasteiger partial charge on any atom is -0.276 e. The number of rotatable bonds is 2. The van der Waals surface area contributed by atoms with E-state index in [0.29, 0.717) is 0 Å². The first kappa shape index (κ1) is 9.16. The van der Waals surface area contributed by atoms with Gasteiger partial charge in [-0.05, 0) is 35.0 Å². The van der Waals surface area contributed by atoms with Gasteiger partial charge in [-0.2, -0.15) is 0 Å². The third-order valence-electron chi connectivity index (χ3n) is 1.27. The summed E-state index contributed by atoms with van der Waals surface area (Å²) in [5.74, 6) is 0. The van der Waals surface area contributed by atoms with Crippen LogP contribution in [0.25, 0.3) is 0 Å². The molecule has 0 aliphatic carbocycles. The first-order valence-electron chi connectivity index (χ1n) is 2.98. The van der Waals surface area contributed by atoms with Crippen molar-refractivity contribution < 1.29 is 4.79 Å². The van der Waals surface area contributed by atoms with Gasteiger partial charge in [0, 0.05) is 0 Å². The van der Waals surface area contributed by atoms with Crippen molar-refractivity contribution in [1.82, 2.24) is 0 Å². The molecule has 3 nitrogen and oxygen atoms in total. The number of hydrogen-bond donors (Lipinski definition) is 0. The Bertz CT molecular complexity index is 338. The summed E-state index contributed by atoms with van der Waals surface area (Å²) < 4.78 is 0. The SMILES string of the molecule is O=Nc1ccc(Cl)c(C(=O)Cl)c1. The second-order valence-electron chi connectivity index (χ2n) is 2.03. The molecular weight excluding hydrogens is 201 g/mol. The van der Waals surface area contributed by atoms with Gasteiger partial charge in [0.25, 0.3) is 5.24 Å². The van der Waals surface area contributed by atoms with Gasteiger partial charge in [-0.3, -0.25) is 4.79 Å². The van der Waals surface area contributed by atoms with E-state index in [1.165, 1.54) is 18.2 Å². The van der Waals surface area contributed by atoms with E-state index >= 15 is 0 Å². The number of carbonyl (C=O) groups excluding carboxylic acids is 1. The van der Waals surface area contributed by atoms with Gasteiger partial charge in [-0.25, -0.2) is 0 Å². The molecule has 0 saturated heterocycles. The minimum absolute atomic E-state index is 0.0930. The quantitative estimate of drug-likeness (QED) is 0.548. The summed E-state index contributed by atoms with van der Waals surface area (Å²) in [5.41, 5.74) is 0.221. The Balaban J connectivity index is 3.25. The molecule has 0 fully saturated rings. The molecular formula is C7H3Cl2NO2. The van der Waals surface area contributed by atoms with Crippen LogP contribution in [-0.4, -0.2) is 5.24 Å². The Morgan fingerprint density at radius 2 is 2.08 bits per heavy atom. The van der Waals surface area contributed by atoms with Crippen molar-refractivity contribution in [2.45, 2.75) is 0 Å². The van der Waals surface area contributed by atoms with Crippen LogP contribution >= 0.6 is 23.2 Å². The van der Waals surface area contributed by atoms with Crippen LogP contribution in [0.15, 0.2) is 23.4 Å². The maximum absolute atomic E-state index is 10.7. The van der Waals surface area contributed by atoms with Gasteiger partial charge in [0.05, 0.1) is 10.6 Å². The van der Waals surface area contributed by atoms with E-state index in [0.717, 1.165) is 0 Å². The van der Waals surface area contributed by atoms with Crippen LogP contribution < -0.4 is 0 Å². The Morgan fingerprint density at radius 3 is 2.58 bits per heavy atom. The lowest BCUT2D eigenvalue weighted by molar-refractivity contribution is 0.108. The highest BCUT2D eigenvalue weighted by Crippen LogP contribution is 2.23. The Labute approximate surface area is 78.3 Å². The summed E-state index contributed by atoms with van der Waals surface area (Å²) in [4.78, 5) is 20.7. The van der Waals surface area contributed by atoms with Crippen LogP contribution in [0, 0.1) is 4.91 Å². The number of carbonyl (C=O) groups is 1. The number of hydrogen-bond acceptors (Lipinski definition) is 3. The highest BCUT2D eigenvalue weighted by molar-refractivity contribution is 6.68. The Morgan fingerprint density at radius 1 is 1.42 bits per heavy atom. The number of nitroso groups, excluding NO2 is 1. The minimum atomic E-state index is -0.703. The molecule has 12 heavy (non-hydrogen) atoms. The maximum atomic E-state index is 10.7. The molecule has 0 atom stereocenters. The molecule has 1 aromatic carbocycles. The molecule has 0 aromatic heterocycles. The molecule has 0 amide bonds. The van der Waals surface area contributed by atoms with E-state index in [1.807, 2.05) is 0 Å². The van der Waals surface area contributed by atoms with Gasteiger partial charge in [0.2, 0.25) is 0 Å². The third-order valence-corrected chi connectivity index (χ3v) is 1.80. The van der Waals surface area contributed by atoms with Crippen molar-refractivity contribution in [2.75, 3.05) is 0 Å². The maximum Gasteiger partial charge on any atom is 0.253 e. The fourth-order valence-electron chi connectivity index (χ4n) is 0.721. The third kappa shape index (κ3) is 1.81. The summed E-state index contributed by atoms with van der Waals surface area (Å²) >= 11 is 10.8. The molecule has 0 saturated carbocycles. The zero-order chi connectivity index (χ0) is 9.14. The van der Waals surface area contributed by atoms with Crippen molar-refractivity contribution in [2.24, 2.45) is 5.18 Å². The topological polar surface area (TPSA) is 46.5 Å². The average Bonchev–Trinajstić information content (AvgIpc) is 2.05. The lowest BCUT2D eigenvalue weighted by Gasteiger charge is -1.96. The molecule has 0 N–H and O–H groups in total. The molecule has 0 bridgehead atoms. The fraction of sp³-hybridized carbons (Fsp3) is 0. The van der Waals surface area contributed by atoms with Crippen LogP contribution in [0.5, 0.6) is 0 Å². The van der Waals surface area contributed by atoms with E-state index in [-0.39, 0.29) is 16.3 Å². The smallest absolute Gasteiger partial charge is 0.253 e. The van der Waals surface area contributed by atoms with Gasteiger partial charge >= 0.3 is 0 Å². The zero-order valence-corrected chi connectivity index (χ0v) is 7.26. The standard InChI is InChI=1S/C7H3Cl2NO2/c8-6-2-1-4(10-12)3-5(6)7(9)11/h1-3H. The van der Waals surface area contributed by atoms with Crippen molar-refractivity contribution in [3.8, 4) is 0 Å². The average molecular weight is 204 g/mol. The van der Waals surface area contributed by atoms with Crippen LogP contribution in [0.4, 0.5) is 5.69 Å². The molecule has 62 valence electrons. The molecule has 0 radical (unpaired) electrons. The van der Waals surface area contributed by atoms with Crippen LogP contribution in [0.3, 0.4) is 0 Å². The van der Waals surface area contributed by atoms with Crippen molar-refractivity contribution in [3.05, 3.63) is 33.7 Å². The molecule has 0 aliphatic heterocycles. The second kappa shape index (κ2) is 3.65. The van der Waals surface area contributed by atoms with Crippen molar-refractivity contribution >= 4 is 34.1 Å². The molecule has 1 aromatic rings. The first-order chi connectivity index (χ1) is 5.65. The van der Waals surface area contributed by atoms with Gasteiger partial charge < -0.3 is 0 Å². The lowest BCUT2D eigenvalue weighted by atomic mass is 10.2. The first-order valence-corrected chi connectivity index (χ1v) is 3.73. The lowest BCUT2D eigenvalue weighted by Crippen LogP contribution is -1.88. The van der Waals surface area contributed by atoms with Crippen molar-refractivity contribution in [1.29, 1.82) is 0 Å². The van der Waals surface area contributed by atoms with Crippen LogP contribution in [0.2, 0.25) is 5.02 Å². The monoisotopic (exact) mass is 203 g/mol. The zero-order valence-electron chi connectivity index (χ0n) is 5.75. The van der Waals surface area contributed by atoms with E-state index < -0.39 is 5.24 Å². The summed E-state index contributed by atoms with van der Waals surface area (Å²) in [5, 5.41) is 2.14. The van der Waals surface area contributed by atoms with Gasteiger partial charge in [-0.15, -0.1) is 4.91 Å². The molecule has 0 aliphatic rings. The molecule has 1 rings (SSSR count). The van der Waals surface area contributed by atoms with Gasteiger partial charge in [0.1, 0.15) is 5.69 Å². The normalized spacial score (nSPS) is 9.50. The van der Waals surface area contributed by atoms with Crippen LogP contribution in [-0.2, 0) is 0 Å². The van der Waals surface area contributed by atoms with E-state index in [1.54, 1.807) is 0 Å². The van der Waals surface area contributed by atoms with Gasteiger partial charge in [0.15, 0.2) is 0 Å². The molecule has 5 heteroatoms. The summed E-state index contributed by atoms with van der Waals surface area (Å²) in [6.45, 7) is 0. The van der Waals surface area contributed by atoms with Crippen LogP contribution in [0.1, 0.15) is 10.4 Å². The van der Waals surface area contributed by atoms with E-state index in [9.17, 15) is 9.70 Å². The summed E-state index contributed by atoms with van der Waals surface area (Å²) in [6, 6.07) is 4.04. The molecule has 0 spiro atoms. The van der Waals surface area contributed by atoms with E-state index in [2.05, 4.69) is 5.18 Å². The fourth-order valence-corrected chi connectivity index (χ4v) is 1.13. The number of nitrogens with zero attached hydrogens (tertiary/aromatic N) is 1. The Kier molecular flexibility index (Phi) is 2.78. The Hall–Kier alpha value is -0.930. The number of halogens is 2. The second-order valence-corrected chi connectivity index (χ2v) is 2.78. The summed E-state index contributed by atoms with van der Waals surface area (Å²) in [6.07, 6.45) is 0. The predicted molar refractivity (Wildman–Crippen MR) is 47.1 cm³/mol. The van der Waals surface area contributed by atoms with E-state index in [4.69, 9.17) is 23.2 Å². The highest BCUT2D eigenvalue weighted by atomic mass is 35.5.